The Morgan fingerprint density at radius 1 is 1.37 bits per heavy atom. The molecule has 0 radical (unpaired) electrons. The van der Waals surface area contributed by atoms with E-state index in [1.165, 1.54) is 0 Å². The number of benzene rings is 1. The number of anilines is 1. The number of amides is 1. The molecular formula is C13H17F2N3O. The Labute approximate surface area is 110 Å². The predicted molar refractivity (Wildman–Crippen MR) is 68.5 cm³/mol. The zero-order valence-corrected chi connectivity index (χ0v) is 11.0. The number of nitrogens with zero attached hydrogens (tertiary/aromatic N) is 1. The largest absolute Gasteiger partial charge is 0.334 e. The molecule has 0 aromatic heterocycles. The molecule has 104 valence electrons. The van der Waals surface area contributed by atoms with Gasteiger partial charge in [-0.1, -0.05) is 0 Å². The van der Waals surface area contributed by atoms with Crippen LogP contribution < -0.4 is 11.3 Å². The van der Waals surface area contributed by atoms with Crippen molar-refractivity contribution in [1.29, 1.82) is 0 Å². The van der Waals surface area contributed by atoms with Crippen molar-refractivity contribution >= 4 is 11.6 Å². The first-order valence-electron chi connectivity index (χ1n) is 6.14. The summed E-state index contributed by atoms with van der Waals surface area (Å²) in [5.41, 5.74) is 1.23. The Bertz CT molecular complexity index is 494. The molecule has 0 unspecified atom stereocenters. The Morgan fingerprint density at radius 2 is 1.95 bits per heavy atom. The Morgan fingerprint density at radius 3 is 2.37 bits per heavy atom. The minimum absolute atomic E-state index is 0.00368. The fraction of sp³-hybridized carbons (Fsp3) is 0.462. The summed E-state index contributed by atoms with van der Waals surface area (Å²) in [6.07, 6.45) is 1.78. The molecule has 0 atom stereocenters. The van der Waals surface area contributed by atoms with E-state index in [9.17, 15) is 13.6 Å². The number of rotatable bonds is 2. The van der Waals surface area contributed by atoms with Crippen molar-refractivity contribution in [2.75, 3.05) is 12.0 Å². The lowest BCUT2D eigenvalue weighted by molar-refractivity contribution is 0.0651. The number of nitrogens with two attached hydrogens (primary N) is 1. The van der Waals surface area contributed by atoms with Gasteiger partial charge < -0.3 is 10.3 Å². The molecule has 0 spiro atoms. The summed E-state index contributed by atoms with van der Waals surface area (Å²) in [6, 6.07) is 2.02. The van der Waals surface area contributed by atoms with E-state index in [1.807, 2.05) is 19.3 Å². The molecule has 3 N–H and O–H groups in total. The van der Waals surface area contributed by atoms with Crippen LogP contribution in [0.1, 0.15) is 37.0 Å². The van der Waals surface area contributed by atoms with E-state index in [1.54, 1.807) is 4.90 Å². The number of halogens is 2. The maximum atomic E-state index is 13.6. The van der Waals surface area contributed by atoms with Gasteiger partial charge in [0.05, 0.1) is 0 Å². The zero-order valence-electron chi connectivity index (χ0n) is 11.0. The highest BCUT2D eigenvalue weighted by atomic mass is 19.1. The van der Waals surface area contributed by atoms with Gasteiger partial charge in [-0.15, -0.1) is 0 Å². The van der Waals surface area contributed by atoms with Gasteiger partial charge in [-0.05, 0) is 38.8 Å². The van der Waals surface area contributed by atoms with Gasteiger partial charge in [-0.3, -0.25) is 10.6 Å². The Balaban J connectivity index is 2.35. The van der Waals surface area contributed by atoms with Gasteiger partial charge in [-0.2, -0.15) is 0 Å². The van der Waals surface area contributed by atoms with Crippen LogP contribution in [0.5, 0.6) is 0 Å². The van der Waals surface area contributed by atoms with Crippen molar-refractivity contribution in [3.63, 3.8) is 0 Å². The second-order valence-electron chi connectivity index (χ2n) is 5.33. The number of carbonyl (C=O) groups excluding carboxylic acids is 1. The lowest BCUT2D eigenvalue weighted by atomic mass is 10.0. The predicted octanol–water partition coefficient (Wildman–Crippen LogP) is 2.26. The molecule has 2 rings (SSSR count). The fourth-order valence-corrected chi connectivity index (χ4v) is 2.47. The minimum Gasteiger partial charge on any atom is -0.334 e. The average molecular weight is 269 g/mol. The number of nitrogen functional groups attached to an aromatic ring is 1. The first-order valence-corrected chi connectivity index (χ1v) is 6.14. The lowest BCUT2D eigenvalue weighted by Gasteiger charge is -2.31. The van der Waals surface area contributed by atoms with Gasteiger partial charge in [0.25, 0.3) is 5.91 Å². The second kappa shape index (κ2) is 4.77. The standard InChI is InChI=1S/C13H17F2N3O/c1-13(2)4-3-5-18(13)12(19)8-6-9(14)11(17-16)10(15)7-8/h6-7,17H,3-5,16H2,1-2H3. The second-order valence-corrected chi connectivity index (χ2v) is 5.33. The molecule has 1 heterocycles. The fourth-order valence-electron chi connectivity index (χ4n) is 2.47. The molecule has 1 aliphatic heterocycles. The number of hydrazine groups is 1. The molecule has 1 amide bonds. The monoisotopic (exact) mass is 269 g/mol. The van der Waals surface area contributed by atoms with E-state index in [0.717, 1.165) is 25.0 Å². The smallest absolute Gasteiger partial charge is 0.254 e. The van der Waals surface area contributed by atoms with Crippen LogP contribution in [-0.4, -0.2) is 22.9 Å². The lowest BCUT2D eigenvalue weighted by Crippen LogP contribution is -2.42. The van der Waals surface area contributed by atoms with Gasteiger partial charge in [0, 0.05) is 17.6 Å². The van der Waals surface area contributed by atoms with Crippen molar-refractivity contribution in [2.24, 2.45) is 5.84 Å². The van der Waals surface area contributed by atoms with Crippen molar-refractivity contribution < 1.29 is 13.6 Å². The molecule has 0 saturated carbocycles. The summed E-state index contributed by atoms with van der Waals surface area (Å²) in [6.45, 7) is 4.49. The molecule has 1 fully saturated rings. The van der Waals surface area contributed by atoms with Crippen molar-refractivity contribution in [1.82, 2.24) is 4.90 Å². The molecule has 19 heavy (non-hydrogen) atoms. The van der Waals surface area contributed by atoms with Gasteiger partial charge in [0.15, 0.2) is 11.6 Å². The third-order valence-corrected chi connectivity index (χ3v) is 3.58. The average Bonchev–Trinajstić information content (AvgIpc) is 2.67. The van der Waals surface area contributed by atoms with Crippen LogP contribution in [0.2, 0.25) is 0 Å². The third kappa shape index (κ3) is 2.40. The van der Waals surface area contributed by atoms with Gasteiger partial charge in [0.1, 0.15) is 5.69 Å². The van der Waals surface area contributed by atoms with Crippen LogP contribution in [0.25, 0.3) is 0 Å². The molecular weight excluding hydrogens is 252 g/mol. The number of likely N-dealkylation sites (tertiary alicyclic amines) is 1. The first kappa shape index (κ1) is 13.7. The van der Waals surface area contributed by atoms with Crippen LogP contribution in [0.4, 0.5) is 14.5 Å². The first-order chi connectivity index (χ1) is 8.86. The van der Waals surface area contributed by atoms with Gasteiger partial charge in [-0.25, -0.2) is 8.78 Å². The normalized spacial score (nSPS) is 17.6. The maximum absolute atomic E-state index is 13.6. The SMILES string of the molecule is CC1(C)CCCN1C(=O)c1cc(F)c(NN)c(F)c1. The molecule has 0 bridgehead atoms. The minimum atomic E-state index is -0.872. The van der Waals surface area contributed by atoms with E-state index in [-0.39, 0.29) is 17.0 Å². The van der Waals surface area contributed by atoms with Gasteiger partial charge in [0.2, 0.25) is 0 Å². The van der Waals surface area contributed by atoms with Crippen molar-refractivity contribution in [3.05, 3.63) is 29.3 Å². The number of carbonyl (C=O) groups is 1. The molecule has 1 aromatic carbocycles. The van der Waals surface area contributed by atoms with E-state index in [4.69, 9.17) is 5.84 Å². The molecule has 1 aromatic rings. The highest BCUT2D eigenvalue weighted by Gasteiger charge is 2.36. The van der Waals surface area contributed by atoms with Crippen LogP contribution in [0.3, 0.4) is 0 Å². The van der Waals surface area contributed by atoms with Crippen LogP contribution >= 0.6 is 0 Å². The van der Waals surface area contributed by atoms with Crippen molar-refractivity contribution in [2.45, 2.75) is 32.2 Å². The zero-order chi connectivity index (χ0) is 14.2. The Hall–Kier alpha value is -1.69. The summed E-state index contributed by atoms with van der Waals surface area (Å²) >= 11 is 0. The molecule has 4 nitrogen and oxygen atoms in total. The van der Waals surface area contributed by atoms with E-state index < -0.39 is 17.3 Å². The van der Waals surface area contributed by atoms with E-state index in [2.05, 4.69) is 0 Å². The summed E-state index contributed by atoms with van der Waals surface area (Å²) < 4.78 is 27.2. The highest BCUT2D eigenvalue weighted by Crippen LogP contribution is 2.30. The quantitative estimate of drug-likeness (QED) is 0.639. The number of hydrogen-bond acceptors (Lipinski definition) is 3. The maximum Gasteiger partial charge on any atom is 0.254 e. The van der Waals surface area contributed by atoms with Crippen LogP contribution in [0, 0.1) is 11.6 Å². The third-order valence-electron chi connectivity index (χ3n) is 3.58. The Kier molecular flexibility index (Phi) is 3.45. The molecule has 1 saturated heterocycles. The molecule has 0 aliphatic carbocycles. The van der Waals surface area contributed by atoms with Crippen molar-refractivity contribution in [3.8, 4) is 0 Å². The highest BCUT2D eigenvalue weighted by molar-refractivity contribution is 5.95. The summed E-state index contributed by atoms with van der Waals surface area (Å²) in [4.78, 5) is 14.0. The summed E-state index contributed by atoms with van der Waals surface area (Å²) in [5.74, 6) is 2.92. The van der Waals surface area contributed by atoms with Crippen LogP contribution in [0.15, 0.2) is 12.1 Å². The number of nitrogens with one attached hydrogen (secondary N) is 1. The van der Waals surface area contributed by atoms with Crippen LogP contribution in [-0.2, 0) is 0 Å². The van der Waals surface area contributed by atoms with Gasteiger partial charge >= 0.3 is 0 Å². The molecule has 1 aliphatic rings. The number of hydrogen-bond donors (Lipinski definition) is 2. The van der Waals surface area contributed by atoms with E-state index in [0.29, 0.717) is 6.54 Å². The van der Waals surface area contributed by atoms with E-state index >= 15 is 0 Å². The summed E-state index contributed by atoms with van der Waals surface area (Å²) in [5, 5.41) is 0. The summed E-state index contributed by atoms with van der Waals surface area (Å²) in [7, 11) is 0. The topological polar surface area (TPSA) is 58.4 Å². The molecule has 6 heteroatoms.